The Hall–Kier alpha value is -1.85. The molecule has 1 saturated heterocycles. The molecule has 0 aliphatic carbocycles. The number of aromatic nitrogens is 2. The number of likely N-dealkylation sites (N-methyl/N-ethyl adjacent to an activating group) is 1. The predicted molar refractivity (Wildman–Crippen MR) is 84.0 cm³/mol. The van der Waals surface area contributed by atoms with E-state index in [0.29, 0.717) is 11.1 Å². The number of hydrogen-bond donors (Lipinski definition) is 1. The van der Waals surface area contributed by atoms with E-state index < -0.39 is 0 Å². The van der Waals surface area contributed by atoms with Crippen molar-refractivity contribution < 1.29 is 4.42 Å². The number of anilines is 1. The van der Waals surface area contributed by atoms with E-state index in [0.717, 1.165) is 47.4 Å². The second-order valence-electron chi connectivity index (χ2n) is 5.34. The Balaban J connectivity index is 1.88. The van der Waals surface area contributed by atoms with E-state index in [9.17, 15) is 0 Å². The fourth-order valence-corrected chi connectivity index (χ4v) is 3.11. The van der Waals surface area contributed by atoms with Gasteiger partial charge in [0.05, 0.1) is 0 Å². The molecule has 0 saturated carbocycles. The zero-order valence-corrected chi connectivity index (χ0v) is 12.4. The molecule has 1 unspecified atom stereocenters. The summed E-state index contributed by atoms with van der Waals surface area (Å²) in [5.41, 5.74) is 2.34. The number of rotatable bonds is 2. The van der Waals surface area contributed by atoms with Gasteiger partial charge in [-0.05, 0) is 25.6 Å². The van der Waals surface area contributed by atoms with Gasteiger partial charge >= 0.3 is 0 Å². The Bertz CT molecular complexity index is 816. The van der Waals surface area contributed by atoms with Crippen LogP contribution in [0.25, 0.3) is 22.1 Å². The normalized spacial score (nSPS) is 19.0. The van der Waals surface area contributed by atoms with Gasteiger partial charge in [-0.25, -0.2) is 9.97 Å². The van der Waals surface area contributed by atoms with Crippen molar-refractivity contribution in [2.75, 3.05) is 25.0 Å². The van der Waals surface area contributed by atoms with Gasteiger partial charge < -0.3 is 14.6 Å². The first kappa shape index (κ1) is 12.9. The molecule has 1 N–H and O–H groups in total. The van der Waals surface area contributed by atoms with Crippen molar-refractivity contribution in [1.29, 1.82) is 0 Å². The highest BCUT2D eigenvalue weighted by Crippen LogP contribution is 2.34. The van der Waals surface area contributed by atoms with Gasteiger partial charge in [0, 0.05) is 35.6 Å². The number of nitrogens with one attached hydrogen (secondary N) is 1. The highest BCUT2D eigenvalue weighted by atomic mass is 35.5. The lowest BCUT2D eigenvalue weighted by atomic mass is 10.2. The number of hydrogen-bond acceptors (Lipinski definition) is 5. The van der Waals surface area contributed by atoms with E-state index in [1.165, 1.54) is 0 Å². The zero-order chi connectivity index (χ0) is 14.4. The van der Waals surface area contributed by atoms with Crippen LogP contribution in [0.3, 0.4) is 0 Å². The third-order valence-corrected chi connectivity index (χ3v) is 4.33. The molecule has 0 amide bonds. The van der Waals surface area contributed by atoms with Crippen molar-refractivity contribution in [2.45, 2.75) is 12.5 Å². The highest BCUT2D eigenvalue weighted by Gasteiger charge is 2.25. The second kappa shape index (κ2) is 4.86. The van der Waals surface area contributed by atoms with Crippen molar-refractivity contribution in [3.05, 3.63) is 29.5 Å². The Morgan fingerprint density at radius 3 is 3.10 bits per heavy atom. The van der Waals surface area contributed by atoms with Gasteiger partial charge in [0.2, 0.25) is 0 Å². The minimum Gasteiger partial charge on any atom is -0.450 e. The third-order valence-electron chi connectivity index (χ3n) is 4.09. The summed E-state index contributed by atoms with van der Waals surface area (Å²) >= 11 is 6.04. The molecule has 1 aliphatic rings. The maximum atomic E-state index is 6.04. The molecule has 0 spiro atoms. The van der Waals surface area contributed by atoms with Gasteiger partial charge in [0.25, 0.3) is 0 Å². The Kier molecular flexibility index (Phi) is 2.97. The monoisotopic (exact) mass is 302 g/mol. The SMILES string of the molecule is CNC1CCN(c2ncnc3c2oc2cc(Cl)ccc23)C1. The van der Waals surface area contributed by atoms with Crippen molar-refractivity contribution in [1.82, 2.24) is 15.3 Å². The molecular formula is C15H15ClN4O. The highest BCUT2D eigenvalue weighted by molar-refractivity contribution is 6.31. The Morgan fingerprint density at radius 2 is 2.29 bits per heavy atom. The largest absolute Gasteiger partial charge is 0.450 e. The van der Waals surface area contributed by atoms with Crippen LogP contribution in [-0.2, 0) is 0 Å². The lowest BCUT2D eigenvalue weighted by molar-refractivity contribution is 0.615. The van der Waals surface area contributed by atoms with Crippen molar-refractivity contribution in [3.63, 3.8) is 0 Å². The molecule has 1 atom stereocenters. The fraction of sp³-hybridized carbons (Fsp3) is 0.333. The van der Waals surface area contributed by atoms with Crippen LogP contribution >= 0.6 is 11.6 Å². The number of halogens is 1. The molecular weight excluding hydrogens is 288 g/mol. The summed E-state index contributed by atoms with van der Waals surface area (Å²) in [5.74, 6) is 0.866. The van der Waals surface area contributed by atoms with Gasteiger partial charge in [-0.1, -0.05) is 11.6 Å². The van der Waals surface area contributed by atoms with Crippen LogP contribution in [0, 0.1) is 0 Å². The van der Waals surface area contributed by atoms with Crippen LogP contribution < -0.4 is 10.2 Å². The molecule has 21 heavy (non-hydrogen) atoms. The zero-order valence-electron chi connectivity index (χ0n) is 11.6. The first-order valence-electron chi connectivity index (χ1n) is 7.01. The first-order valence-corrected chi connectivity index (χ1v) is 7.39. The maximum absolute atomic E-state index is 6.04. The van der Waals surface area contributed by atoms with Crippen LogP contribution in [0.2, 0.25) is 5.02 Å². The molecule has 1 fully saturated rings. The average Bonchev–Trinajstić information content (AvgIpc) is 3.10. The quantitative estimate of drug-likeness (QED) is 0.789. The van der Waals surface area contributed by atoms with Crippen LogP contribution in [0.15, 0.2) is 28.9 Å². The fourth-order valence-electron chi connectivity index (χ4n) is 2.95. The van der Waals surface area contributed by atoms with Gasteiger partial charge in [0.1, 0.15) is 17.4 Å². The predicted octanol–water partition coefficient (Wildman–Crippen LogP) is 2.83. The standard InChI is InChI=1S/C15H15ClN4O/c1-17-10-4-5-20(7-10)15-14-13(18-8-19-15)11-3-2-9(16)6-12(11)21-14/h2-3,6,8,10,17H,4-5,7H2,1H3. The molecule has 3 heterocycles. The smallest absolute Gasteiger partial charge is 0.196 e. The molecule has 0 radical (unpaired) electrons. The molecule has 1 aromatic carbocycles. The molecule has 108 valence electrons. The average molecular weight is 303 g/mol. The maximum Gasteiger partial charge on any atom is 0.196 e. The van der Waals surface area contributed by atoms with Crippen molar-refractivity contribution in [3.8, 4) is 0 Å². The van der Waals surface area contributed by atoms with Gasteiger partial charge in [-0.15, -0.1) is 0 Å². The van der Waals surface area contributed by atoms with Crippen LogP contribution in [0.1, 0.15) is 6.42 Å². The summed E-state index contributed by atoms with van der Waals surface area (Å²) in [6.07, 6.45) is 2.71. The summed E-state index contributed by atoms with van der Waals surface area (Å²) in [6, 6.07) is 6.12. The minimum atomic E-state index is 0.494. The molecule has 5 nitrogen and oxygen atoms in total. The van der Waals surface area contributed by atoms with Crippen molar-refractivity contribution in [2.24, 2.45) is 0 Å². The number of furan rings is 1. The Labute approximate surface area is 126 Å². The summed E-state index contributed by atoms with van der Waals surface area (Å²) in [4.78, 5) is 11.1. The third kappa shape index (κ3) is 2.04. The van der Waals surface area contributed by atoms with Gasteiger partial charge in [-0.2, -0.15) is 0 Å². The van der Waals surface area contributed by atoms with Crippen LogP contribution in [-0.4, -0.2) is 36.1 Å². The minimum absolute atomic E-state index is 0.494. The van der Waals surface area contributed by atoms with E-state index in [4.69, 9.17) is 16.0 Å². The summed E-state index contributed by atoms with van der Waals surface area (Å²) < 4.78 is 5.97. The lowest BCUT2D eigenvalue weighted by Crippen LogP contribution is -2.29. The summed E-state index contributed by atoms with van der Waals surface area (Å²) in [7, 11) is 1.99. The molecule has 1 aliphatic heterocycles. The van der Waals surface area contributed by atoms with Gasteiger partial charge in [-0.3, -0.25) is 0 Å². The summed E-state index contributed by atoms with van der Waals surface area (Å²) in [5, 5.41) is 4.95. The summed E-state index contributed by atoms with van der Waals surface area (Å²) in [6.45, 7) is 1.90. The van der Waals surface area contributed by atoms with E-state index >= 15 is 0 Å². The van der Waals surface area contributed by atoms with E-state index in [-0.39, 0.29) is 0 Å². The second-order valence-corrected chi connectivity index (χ2v) is 5.77. The molecule has 6 heteroatoms. The molecule has 2 aromatic heterocycles. The first-order chi connectivity index (χ1) is 10.3. The van der Waals surface area contributed by atoms with Crippen molar-refractivity contribution >= 4 is 39.5 Å². The number of fused-ring (bicyclic) bond motifs is 3. The topological polar surface area (TPSA) is 54.2 Å². The molecule has 0 bridgehead atoms. The van der Waals surface area contributed by atoms with E-state index in [1.807, 2.05) is 25.2 Å². The molecule has 4 rings (SSSR count). The number of benzene rings is 1. The lowest BCUT2D eigenvalue weighted by Gasteiger charge is -2.16. The van der Waals surface area contributed by atoms with E-state index in [1.54, 1.807) is 6.33 Å². The van der Waals surface area contributed by atoms with E-state index in [2.05, 4.69) is 20.2 Å². The van der Waals surface area contributed by atoms with Crippen LogP contribution in [0.5, 0.6) is 0 Å². The Morgan fingerprint density at radius 1 is 1.38 bits per heavy atom. The number of nitrogens with zero attached hydrogens (tertiary/aromatic N) is 3. The molecule has 3 aromatic rings. The van der Waals surface area contributed by atoms with Crippen LogP contribution in [0.4, 0.5) is 5.82 Å². The van der Waals surface area contributed by atoms with Gasteiger partial charge in [0.15, 0.2) is 11.4 Å².